The number of carbonyl (C=O) groups is 2. The van der Waals surface area contributed by atoms with E-state index in [2.05, 4.69) is 15.3 Å². The summed E-state index contributed by atoms with van der Waals surface area (Å²) in [6.45, 7) is 3.55. The van der Waals surface area contributed by atoms with Crippen LogP contribution in [0.1, 0.15) is 31.3 Å². The fourth-order valence-corrected chi connectivity index (χ4v) is 3.43. The third kappa shape index (κ3) is 3.48. The van der Waals surface area contributed by atoms with Crippen LogP contribution in [0, 0.1) is 13.8 Å². The van der Waals surface area contributed by atoms with Gasteiger partial charge in [-0.1, -0.05) is 12.1 Å². The van der Waals surface area contributed by atoms with Crippen molar-refractivity contribution < 1.29 is 14.3 Å². The summed E-state index contributed by atoms with van der Waals surface area (Å²) >= 11 is 1.28. The summed E-state index contributed by atoms with van der Waals surface area (Å²) in [5.74, 6) is -0.711. The van der Waals surface area contributed by atoms with Crippen molar-refractivity contribution in [1.29, 1.82) is 0 Å². The standard InChI is InChI=1S/C19H17N3O3S/c1-11-13(19(24)25-3)7-6-9-14(11)22-17(23)16-12(2)21-18(26-16)15-8-4-5-10-20-15/h4-10H,1-3H3,(H,22,23). The van der Waals surface area contributed by atoms with Crippen LogP contribution in [0.5, 0.6) is 0 Å². The molecule has 0 aliphatic carbocycles. The van der Waals surface area contributed by atoms with Gasteiger partial charge in [-0.05, 0) is 43.7 Å². The first kappa shape index (κ1) is 17.8. The second kappa shape index (κ2) is 7.45. The zero-order valence-corrected chi connectivity index (χ0v) is 15.4. The van der Waals surface area contributed by atoms with Gasteiger partial charge in [-0.25, -0.2) is 9.78 Å². The lowest BCUT2D eigenvalue weighted by Gasteiger charge is -2.10. The fourth-order valence-electron chi connectivity index (χ4n) is 2.49. The second-order valence-electron chi connectivity index (χ2n) is 5.57. The molecule has 0 bridgehead atoms. The molecule has 1 amide bonds. The zero-order valence-electron chi connectivity index (χ0n) is 14.6. The minimum atomic E-state index is -0.440. The van der Waals surface area contributed by atoms with E-state index in [9.17, 15) is 9.59 Å². The largest absolute Gasteiger partial charge is 0.465 e. The van der Waals surface area contributed by atoms with E-state index >= 15 is 0 Å². The number of benzene rings is 1. The molecule has 2 aromatic heterocycles. The first-order valence-electron chi connectivity index (χ1n) is 7.89. The Hall–Kier alpha value is -3.06. The maximum atomic E-state index is 12.7. The molecule has 26 heavy (non-hydrogen) atoms. The Morgan fingerprint density at radius 2 is 1.92 bits per heavy atom. The highest BCUT2D eigenvalue weighted by Crippen LogP contribution is 2.28. The van der Waals surface area contributed by atoms with Crippen molar-refractivity contribution in [3.05, 3.63) is 64.3 Å². The average Bonchev–Trinajstić information content (AvgIpc) is 3.05. The molecule has 1 aromatic carbocycles. The molecular weight excluding hydrogens is 350 g/mol. The predicted octanol–water partition coefficient (Wildman–Crippen LogP) is 3.86. The van der Waals surface area contributed by atoms with Crippen LogP contribution in [0.2, 0.25) is 0 Å². The summed E-state index contributed by atoms with van der Waals surface area (Å²) in [6, 6.07) is 10.7. The van der Waals surface area contributed by atoms with Gasteiger partial charge < -0.3 is 10.1 Å². The lowest BCUT2D eigenvalue weighted by atomic mass is 10.1. The number of aryl methyl sites for hydroxylation is 1. The number of nitrogens with one attached hydrogen (secondary N) is 1. The van der Waals surface area contributed by atoms with Gasteiger partial charge in [0.2, 0.25) is 0 Å². The Kier molecular flexibility index (Phi) is 5.09. The van der Waals surface area contributed by atoms with Gasteiger partial charge in [-0.15, -0.1) is 11.3 Å². The number of rotatable bonds is 4. The molecule has 0 aliphatic heterocycles. The summed E-state index contributed by atoms with van der Waals surface area (Å²) in [7, 11) is 1.33. The minimum Gasteiger partial charge on any atom is -0.465 e. The van der Waals surface area contributed by atoms with Crippen molar-refractivity contribution in [3.63, 3.8) is 0 Å². The minimum absolute atomic E-state index is 0.271. The number of esters is 1. The van der Waals surface area contributed by atoms with Gasteiger partial charge in [0.1, 0.15) is 9.88 Å². The van der Waals surface area contributed by atoms with E-state index in [1.54, 1.807) is 38.2 Å². The highest BCUT2D eigenvalue weighted by molar-refractivity contribution is 7.17. The van der Waals surface area contributed by atoms with Gasteiger partial charge >= 0.3 is 5.97 Å². The first-order valence-corrected chi connectivity index (χ1v) is 8.71. The molecule has 2 heterocycles. The summed E-state index contributed by atoms with van der Waals surface area (Å²) < 4.78 is 4.77. The normalized spacial score (nSPS) is 10.4. The molecule has 7 heteroatoms. The van der Waals surface area contributed by atoms with Crippen LogP contribution in [0.25, 0.3) is 10.7 Å². The number of thiazole rings is 1. The number of methoxy groups -OCH3 is 1. The van der Waals surface area contributed by atoms with Gasteiger partial charge in [-0.2, -0.15) is 0 Å². The van der Waals surface area contributed by atoms with Crippen LogP contribution in [0.15, 0.2) is 42.6 Å². The number of hydrogen-bond donors (Lipinski definition) is 1. The number of anilines is 1. The van der Waals surface area contributed by atoms with Gasteiger partial charge in [0, 0.05) is 11.9 Å². The first-order chi connectivity index (χ1) is 12.5. The quantitative estimate of drug-likeness (QED) is 0.708. The summed E-state index contributed by atoms with van der Waals surface area (Å²) in [4.78, 5) is 33.7. The Morgan fingerprint density at radius 1 is 1.12 bits per heavy atom. The van der Waals surface area contributed by atoms with Gasteiger partial charge in [0.25, 0.3) is 5.91 Å². The number of ether oxygens (including phenoxy) is 1. The molecule has 0 spiro atoms. The topological polar surface area (TPSA) is 81.2 Å². The molecule has 0 radical (unpaired) electrons. The van der Waals surface area contributed by atoms with Crippen LogP contribution in [0.4, 0.5) is 5.69 Å². The predicted molar refractivity (Wildman–Crippen MR) is 101 cm³/mol. The van der Waals surface area contributed by atoms with Crippen molar-refractivity contribution in [2.45, 2.75) is 13.8 Å². The molecule has 6 nitrogen and oxygen atoms in total. The maximum Gasteiger partial charge on any atom is 0.338 e. The summed E-state index contributed by atoms with van der Waals surface area (Å²) in [5, 5.41) is 3.54. The molecule has 132 valence electrons. The molecule has 1 N–H and O–H groups in total. The van der Waals surface area contributed by atoms with E-state index in [1.165, 1.54) is 18.4 Å². The number of pyridine rings is 1. The maximum absolute atomic E-state index is 12.7. The Morgan fingerprint density at radius 3 is 2.62 bits per heavy atom. The van der Waals surface area contributed by atoms with Crippen LogP contribution >= 0.6 is 11.3 Å². The van der Waals surface area contributed by atoms with Crippen molar-refractivity contribution in [2.75, 3.05) is 12.4 Å². The molecule has 0 fully saturated rings. The number of aromatic nitrogens is 2. The third-order valence-corrected chi connectivity index (χ3v) is 5.05. The summed E-state index contributed by atoms with van der Waals surface area (Å²) in [6.07, 6.45) is 1.69. The molecule has 0 saturated carbocycles. The monoisotopic (exact) mass is 367 g/mol. The molecular formula is C19H17N3O3S. The fraction of sp³-hybridized carbons (Fsp3) is 0.158. The molecule has 0 atom stereocenters. The Bertz CT molecular complexity index is 967. The number of nitrogens with zero attached hydrogens (tertiary/aromatic N) is 2. The van der Waals surface area contributed by atoms with E-state index < -0.39 is 5.97 Å². The smallest absolute Gasteiger partial charge is 0.338 e. The van der Waals surface area contributed by atoms with E-state index in [0.717, 1.165) is 5.69 Å². The number of carbonyl (C=O) groups excluding carboxylic acids is 2. The Labute approximate surface area is 154 Å². The van der Waals surface area contributed by atoms with Gasteiger partial charge in [0.15, 0.2) is 0 Å². The molecule has 0 aliphatic rings. The van der Waals surface area contributed by atoms with Gasteiger partial charge in [-0.3, -0.25) is 9.78 Å². The van der Waals surface area contributed by atoms with Crippen LogP contribution in [0.3, 0.4) is 0 Å². The third-order valence-electron chi connectivity index (χ3n) is 3.87. The van der Waals surface area contributed by atoms with Crippen molar-refractivity contribution in [1.82, 2.24) is 9.97 Å². The molecule has 3 aromatic rings. The van der Waals surface area contributed by atoms with Crippen LogP contribution < -0.4 is 5.32 Å². The average molecular weight is 367 g/mol. The lowest BCUT2D eigenvalue weighted by molar-refractivity contribution is 0.0599. The van der Waals surface area contributed by atoms with Crippen molar-refractivity contribution >= 4 is 28.9 Å². The zero-order chi connectivity index (χ0) is 18.7. The molecule has 0 saturated heterocycles. The highest BCUT2D eigenvalue weighted by atomic mass is 32.1. The van der Waals surface area contributed by atoms with E-state index in [0.29, 0.717) is 32.4 Å². The highest BCUT2D eigenvalue weighted by Gasteiger charge is 2.19. The number of hydrogen-bond acceptors (Lipinski definition) is 6. The second-order valence-corrected chi connectivity index (χ2v) is 6.57. The summed E-state index contributed by atoms with van der Waals surface area (Å²) in [5.41, 5.74) is 2.99. The lowest BCUT2D eigenvalue weighted by Crippen LogP contribution is -2.14. The van der Waals surface area contributed by atoms with E-state index in [-0.39, 0.29) is 5.91 Å². The SMILES string of the molecule is COC(=O)c1cccc(NC(=O)c2sc(-c3ccccn3)nc2C)c1C. The van der Waals surface area contributed by atoms with Crippen molar-refractivity contribution in [3.8, 4) is 10.7 Å². The van der Waals surface area contributed by atoms with E-state index in [1.807, 2.05) is 18.2 Å². The van der Waals surface area contributed by atoms with Crippen molar-refractivity contribution in [2.24, 2.45) is 0 Å². The number of amides is 1. The Balaban J connectivity index is 1.88. The van der Waals surface area contributed by atoms with Crippen LogP contribution in [-0.2, 0) is 4.74 Å². The molecule has 0 unspecified atom stereocenters. The van der Waals surface area contributed by atoms with Crippen LogP contribution in [-0.4, -0.2) is 29.0 Å². The van der Waals surface area contributed by atoms with Gasteiger partial charge in [0.05, 0.1) is 24.1 Å². The van der Waals surface area contributed by atoms with E-state index in [4.69, 9.17) is 4.74 Å². The molecule has 3 rings (SSSR count).